The number of nitrogens with zero attached hydrogens (tertiary/aromatic N) is 2. The van der Waals surface area contributed by atoms with Gasteiger partial charge in [0, 0.05) is 11.6 Å². The van der Waals surface area contributed by atoms with Crippen molar-refractivity contribution in [3.8, 4) is 16.3 Å². The molecule has 0 spiro atoms. The Morgan fingerprint density at radius 1 is 1.29 bits per heavy atom. The third kappa shape index (κ3) is 2.38. The van der Waals surface area contributed by atoms with Crippen molar-refractivity contribution in [3.63, 3.8) is 0 Å². The quantitative estimate of drug-likeness (QED) is 0.707. The van der Waals surface area contributed by atoms with Crippen molar-refractivity contribution in [2.24, 2.45) is 0 Å². The lowest BCUT2D eigenvalue weighted by Gasteiger charge is -2.08. The molecule has 0 radical (unpaired) electrons. The lowest BCUT2D eigenvalue weighted by Crippen LogP contribution is -1.94. The number of ether oxygens (including phenoxy) is 1. The first-order valence-corrected chi connectivity index (χ1v) is 7.56. The Labute approximate surface area is 126 Å². The summed E-state index contributed by atoms with van der Waals surface area (Å²) in [6, 6.07) is 5.30. The van der Waals surface area contributed by atoms with E-state index in [2.05, 4.69) is 23.8 Å². The first-order chi connectivity index (χ1) is 10.1. The second-order valence-corrected chi connectivity index (χ2v) is 5.93. The number of fused-ring (bicyclic) bond motifs is 1. The molecular weight excluding hydrogens is 287 g/mol. The molecule has 0 saturated heterocycles. The van der Waals surface area contributed by atoms with Gasteiger partial charge in [0.1, 0.15) is 16.6 Å². The minimum Gasteiger partial charge on any atom is -0.496 e. The third-order valence-corrected chi connectivity index (χ3v) is 4.25. The molecule has 0 amide bonds. The van der Waals surface area contributed by atoms with E-state index in [1.54, 1.807) is 24.4 Å². The van der Waals surface area contributed by atoms with Gasteiger partial charge in [-0.05, 0) is 18.1 Å². The Kier molecular flexibility index (Phi) is 3.59. The fraction of sp³-hybridized carbons (Fsp3) is 0.250. The number of rotatable bonds is 3. The standard InChI is InChI=1S/C16H15FN2OS/c1-9(2)12-8-21-16(19-12)10-7-18-11-5-4-6-13(20-3)14(11)15(10)17/h4-9H,1-3H3. The van der Waals surface area contributed by atoms with Crippen LogP contribution in [0.4, 0.5) is 4.39 Å². The molecule has 1 aromatic carbocycles. The van der Waals surface area contributed by atoms with Gasteiger partial charge in [-0.25, -0.2) is 9.37 Å². The molecule has 21 heavy (non-hydrogen) atoms. The van der Waals surface area contributed by atoms with Gasteiger partial charge in [-0.15, -0.1) is 11.3 Å². The van der Waals surface area contributed by atoms with Crippen LogP contribution in [-0.2, 0) is 0 Å². The molecular formula is C16H15FN2OS. The van der Waals surface area contributed by atoms with Crippen LogP contribution in [0, 0.1) is 5.82 Å². The van der Waals surface area contributed by atoms with Crippen molar-refractivity contribution in [2.45, 2.75) is 19.8 Å². The van der Waals surface area contributed by atoms with E-state index in [1.165, 1.54) is 18.4 Å². The third-order valence-electron chi connectivity index (χ3n) is 3.36. The maximum absolute atomic E-state index is 14.9. The van der Waals surface area contributed by atoms with Gasteiger partial charge in [0.15, 0.2) is 0 Å². The van der Waals surface area contributed by atoms with Gasteiger partial charge in [-0.3, -0.25) is 4.98 Å². The first-order valence-electron chi connectivity index (χ1n) is 6.68. The topological polar surface area (TPSA) is 35.0 Å². The maximum Gasteiger partial charge on any atom is 0.148 e. The van der Waals surface area contributed by atoms with Gasteiger partial charge < -0.3 is 4.74 Å². The number of hydrogen-bond acceptors (Lipinski definition) is 4. The fourth-order valence-electron chi connectivity index (χ4n) is 2.17. The summed E-state index contributed by atoms with van der Waals surface area (Å²) in [6.07, 6.45) is 1.54. The predicted octanol–water partition coefficient (Wildman–Crippen LogP) is 4.63. The summed E-state index contributed by atoms with van der Waals surface area (Å²) in [4.78, 5) is 8.83. The number of methoxy groups -OCH3 is 1. The highest BCUT2D eigenvalue weighted by Gasteiger charge is 2.17. The van der Waals surface area contributed by atoms with E-state index in [1.807, 2.05) is 5.38 Å². The van der Waals surface area contributed by atoms with Crippen molar-refractivity contribution in [1.29, 1.82) is 0 Å². The second kappa shape index (κ2) is 5.41. The van der Waals surface area contributed by atoms with Crippen molar-refractivity contribution < 1.29 is 9.13 Å². The van der Waals surface area contributed by atoms with Crippen LogP contribution >= 0.6 is 11.3 Å². The largest absolute Gasteiger partial charge is 0.496 e. The summed E-state index contributed by atoms with van der Waals surface area (Å²) in [5.74, 6) is 0.475. The Balaban J connectivity index is 2.21. The molecule has 3 nitrogen and oxygen atoms in total. The minimum atomic E-state index is -0.331. The first kappa shape index (κ1) is 13.9. The maximum atomic E-state index is 14.9. The van der Waals surface area contributed by atoms with Crippen LogP contribution in [0.15, 0.2) is 29.8 Å². The molecule has 0 aliphatic rings. The highest BCUT2D eigenvalue weighted by atomic mass is 32.1. The monoisotopic (exact) mass is 302 g/mol. The van der Waals surface area contributed by atoms with E-state index in [4.69, 9.17) is 4.74 Å². The number of benzene rings is 1. The molecule has 0 aliphatic carbocycles. The van der Waals surface area contributed by atoms with E-state index < -0.39 is 0 Å². The van der Waals surface area contributed by atoms with Crippen LogP contribution in [0.1, 0.15) is 25.5 Å². The highest BCUT2D eigenvalue weighted by Crippen LogP contribution is 2.34. The predicted molar refractivity (Wildman–Crippen MR) is 83.5 cm³/mol. The van der Waals surface area contributed by atoms with Gasteiger partial charge in [-0.1, -0.05) is 19.9 Å². The van der Waals surface area contributed by atoms with Crippen LogP contribution in [0.2, 0.25) is 0 Å². The zero-order chi connectivity index (χ0) is 15.0. The molecule has 0 aliphatic heterocycles. The van der Waals surface area contributed by atoms with Gasteiger partial charge in [0.05, 0.1) is 29.3 Å². The lowest BCUT2D eigenvalue weighted by molar-refractivity contribution is 0.418. The number of pyridine rings is 1. The zero-order valence-electron chi connectivity index (χ0n) is 12.1. The molecule has 0 saturated carbocycles. The molecule has 3 rings (SSSR count). The Bertz CT molecular complexity index is 798. The van der Waals surface area contributed by atoms with Crippen molar-refractivity contribution in [2.75, 3.05) is 7.11 Å². The fourth-order valence-corrected chi connectivity index (χ4v) is 3.15. The van der Waals surface area contributed by atoms with Crippen molar-refractivity contribution in [1.82, 2.24) is 9.97 Å². The molecule has 2 aromatic heterocycles. The van der Waals surface area contributed by atoms with Gasteiger partial charge in [0.2, 0.25) is 0 Å². The van der Waals surface area contributed by atoms with Gasteiger partial charge in [0.25, 0.3) is 0 Å². The number of halogens is 1. The van der Waals surface area contributed by atoms with Crippen LogP contribution < -0.4 is 4.74 Å². The summed E-state index contributed by atoms with van der Waals surface area (Å²) in [6.45, 7) is 4.13. The molecule has 108 valence electrons. The van der Waals surface area contributed by atoms with Crippen molar-refractivity contribution >= 4 is 22.2 Å². The molecule has 0 bridgehead atoms. The van der Waals surface area contributed by atoms with E-state index in [0.29, 0.717) is 33.1 Å². The van der Waals surface area contributed by atoms with Gasteiger partial charge >= 0.3 is 0 Å². The molecule has 2 heterocycles. The highest BCUT2D eigenvalue weighted by molar-refractivity contribution is 7.13. The molecule has 5 heteroatoms. The zero-order valence-corrected chi connectivity index (χ0v) is 12.9. The van der Waals surface area contributed by atoms with Crippen LogP contribution in [-0.4, -0.2) is 17.1 Å². The molecule has 0 fully saturated rings. The summed E-state index contributed by atoms with van der Waals surface area (Å²) in [5, 5.41) is 3.02. The van der Waals surface area contributed by atoms with Crippen LogP contribution in [0.25, 0.3) is 21.5 Å². The van der Waals surface area contributed by atoms with Crippen LogP contribution in [0.3, 0.4) is 0 Å². The molecule has 0 atom stereocenters. The van der Waals surface area contributed by atoms with E-state index in [0.717, 1.165) is 5.69 Å². The second-order valence-electron chi connectivity index (χ2n) is 5.07. The Morgan fingerprint density at radius 3 is 2.76 bits per heavy atom. The normalized spacial score (nSPS) is 11.3. The minimum absolute atomic E-state index is 0.320. The Morgan fingerprint density at radius 2 is 2.10 bits per heavy atom. The summed E-state index contributed by atoms with van der Waals surface area (Å²) >= 11 is 1.44. The average molecular weight is 302 g/mol. The molecule has 0 N–H and O–H groups in total. The SMILES string of the molecule is COc1cccc2ncc(-c3nc(C(C)C)cs3)c(F)c12. The Hall–Kier alpha value is -2.01. The molecule has 3 aromatic rings. The van der Waals surface area contributed by atoms with E-state index in [9.17, 15) is 4.39 Å². The summed E-state index contributed by atoms with van der Waals surface area (Å²) in [7, 11) is 1.53. The number of thiazole rings is 1. The summed E-state index contributed by atoms with van der Waals surface area (Å²) in [5.41, 5.74) is 1.97. The molecule has 0 unspecified atom stereocenters. The average Bonchev–Trinajstić information content (AvgIpc) is 2.97. The number of hydrogen-bond donors (Lipinski definition) is 0. The number of aromatic nitrogens is 2. The van der Waals surface area contributed by atoms with E-state index >= 15 is 0 Å². The van der Waals surface area contributed by atoms with E-state index in [-0.39, 0.29) is 5.82 Å². The lowest BCUT2D eigenvalue weighted by atomic mass is 10.1. The smallest absolute Gasteiger partial charge is 0.148 e. The van der Waals surface area contributed by atoms with Crippen LogP contribution in [0.5, 0.6) is 5.75 Å². The van der Waals surface area contributed by atoms with Gasteiger partial charge in [-0.2, -0.15) is 0 Å². The van der Waals surface area contributed by atoms with Crippen molar-refractivity contribution in [3.05, 3.63) is 41.3 Å². The summed E-state index contributed by atoms with van der Waals surface area (Å²) < 4.78 is 20.1.